The van der Waals surface area contributed by atoms with E-state index in [0.29, 0.717) is 6.61 Å². The predicted octanol–water partition coefficient (Wildman–Crippen LogP) is 2.82. The molecule has 0 aromatic heterocycles. The molecule has 0 spiro atoms. The molecule has 1 aliphatic rings. The summed E-state index contributed by atoms with van der Waals surface area (Å²) in [6.07, 6.45) is 5.75. The Morgan fingerprint density at radius 1 is 1.21 bits per heavy atom. The number of amides is 1. The van der Waals surface area contributed by atoms with Crippen LogP contribution in [-0.4, -0.2) is 18.6 Å². The summed E-state index contributed by atoms with van der Waals surface area (Å²) in [5.41, 5.74) is 1.21. The lowest BCUT2D eigenvalue weighted by Crippen LogP contribution is -2.31. The zero-order valence-corrected chi connectivity index (χ0v) is 11.4. The summed E-state index contributed by atoms with van der Waals surface area (Å²) in [5, 5.41) is 2.94. The van der Waals surface area contributed by atoms with Gasteiger partial charge >= 0.3 is 0 Å². The lowest BCUT2D eigenvalue weighted by Gasteiger charge is -2.16. The third-order valence-corrected chi connectivity index (χ3v) is 3.23. The number of hydrogen-bond acceptors (Lipinski definition) is 2. The second-order valence-electron chi connectivity index (χ2n) is 4.85. The Balaban J connectivity index is 1.89. The van der Waals surface area contributed by atoms with E-state index < -0.39 is 0 Å². The molecule has 1 N–H and O–H groups in total. The Labute approximate surface area is 114 Å². The van der Waals surface area contributed by atoms with Crippen molar-refractivity contribution in [2.24, 2.45) is 0 Å². The SMILES string of the molecule is CCCCCOC1=CC(=O)N[C@H]1Cc1ccccc1. The average Bonchev–Trinajstić information content (AvgIpc) is 2.76. The van der Waals surface area contributed by atoms with Gasteiger partial charge in [-0.05, 0) is 18.4 Å². The van der Waals surface area contributed by atoms with Gasteiger partial charge in [0, 0.05) is 6.08 Å². The lowest BCUT2D eigenvalue weighted by atomic mass is 10.1. The number of nitrogens with one attached hydrogen (secondary N) is 1. The summed E-state index contributed by atoms with van der Waals surface area (Å²) >= 11 is 0. The molecule has 0 bridgehead atoms. The number of carbonyl (C=O) groups is 1. The molecular weight excluding hydrogens is 238 g/mol. The Hall–Kier alpha value is -1.77. The van der Waals surface area contributed by atoms with Gasteiger partial charge < -0.3 is 10.1 Å². The van der Waals surface area contributed by atoms with Gasteiger partial charge in [0.15, 0.2) is 0 Å². The number of carbonyl (C=O) groups excluding carboxylic acids is 1. The van der Waals surface area contributed by atoms with Gasteiger partial charge in [-0.25, -0.2) is 0 Å². The normalized spacial score (nSPS) is 18.1. The van der Waals surface area contributed by atoms with E-state index in [2.05, 4.69) is 24.4 Å². The highest BCUT2D eigenvalue weighted by molar-refractivity contribution is 5.91. The topological polar surface area (TPSA) is 38.3 Å². The smallest absolute Gasteiger partial charge is 0.248 e. The summed E-state index contributed by atoms with van der Waals surface area (Å²) < 4.78 is 5.74. The maximum Gasteiger partial charge on any atom is 0.248 e. The number of ether oxygens (including phenoxy) is 1. The maximum atomic E-state index is 11.5. The monoisotopic (exact) mass is 259 g/mol. The van der Waals surface area contributed by atoms with E-state index in [-0.39, 0.29) is 11.9 Å². The Bertz CT molecular complexity index is 439. The van der Waals surface area contributed by atoms with Gasteiger partial charge in [-0.3, -0.25) is 4.79 Å². The molecule has 0 saturated heterocycles. The van der Waals surface area contributed by atoms with E-state index in [1.54, 1.807) is 6.08 Å². The van der Waals surface area contributed by atoms with Crippen LogP contribution in [0.4, 0.5) is 0 Å². The minimum Gasteiger partial charge on any atom is -0.496 e. The van der Waals surface area contributed by atoms with Gasteiger partial charge in [-0.2, -0.15) is 0 Å². The zero-order valence-electron chi connectivity index (χ0n) is 11.4. The molecule has 0 saturated carbocycles. The summed E-state index contributed by atoms with van der Waals surface area (Å²) in [4.78, 5) is 11.5. The van der Waals surface area contributed by atoms with Crippen molar-refractivity contribution >= 4 is 5.91 Å². The Morgan fingerprint density at radius 3 is 2.74 bits per heavy atom. The van der Waals surface area contributed by atoms with Crippen LogP contribution in [0.25, 0.3) is 0 Å². The molecule has 3 nitrogen and oxygen atoms in total. The second kappa shape index (κ2) is 6.98. The molecule has 1 aliphatic heterocycles. The molecule has 1 heterocycles. The first-order valence-electron chi connectivity index (χ1n) is 6.98. The van der Waals surface area contributed by atoms with Crippen molar-refractivity contribution in [3.8, 4) is 0 Å². The fourth-order valence-corrected chi connectivity index (χ4v) is 2.20. The molecule has 0 unspecified atom stereocenters. The van der Waals surface area contributed by atoms with Gasteiger partial charge in [0.2, 0.25) is 5.91 Å². The number of benzene rings is 1. The largest absolute Gasteiger partial charge is 0.496 e. The van der Waals surface area contributed by atoms with E-state index in [0.717, 1.165) is 25.0 Å². The third-order valence-electron chi connectivity index (χ3n) is 3.23. The molecule has 1 amide bonds. The summed E-state index contributed by atoms with van der Waals surface area (Å²) in [5.74, 6) is 0.733. The van der Waals surface area contributed by atoms with Crippen LogP contribution < -0.4 is 5.32 Å². The molecule has 3 heteroatoms. The number of rotatable bonds is 7. The van der Waals surface area contributed by atoms with Crippen molar-refractivity contribution < 1.29 is 9.53 Å². The fourth-order valence-electron chi connectivity index (χ4n) is 2.20. The first-order chi connectivity index (χ1) is 9.29. The van der Waals surface area contributed by atoms with Crippen LogP contribution in [-0.2, 0) is 16.0 Å². The van der Waals surface area contributed by atoms with Crippen LogP contribution in [0.1, 0.15) is 31.7 Å². The highest BCUT2D eigenvalue weighted by Gasteiger charge is 2.25. The first-order valence-corrected chi connectivity index (χ1v) is 6.98. The van der Waals surface area contributed by atoms with Crippen LogP contribution in [0.3, 0.4) is 0 Å². The van der Waals surface area contributed by atoms with E-state index in [1.165, 1.54) is 12.0 Å². The quantitative estimate of drug-likeness (QED) is 0.765. The van der Waals surface area contributed by atoms with Gasteiger partial charge in [-0.1, -0.05) is 50.1 Å². The van der Waals surface area contributed by atoms with Crippen molar-refractivity contribution in [1.29, 1.82) is 0 Å². The molecule has 19 heavy (non-hydrogen) atoms. The Kier molecular flexibility index (Phi) is 5.01. The van der Waals surface area contributed by atoms with Crippen molar-refractivity contribution in [2.75, 3.05) is 6.61 Å². The van der Waals surface area contributed by atoms with E-state index >= 15 is 0 Å². The summed E-state index contributed by atoms with van der Waals surface area (Å²) in [6.45, 7) is 2.86. The fraction of sp³-hybridized carbons (Fsp3) is 0.438. The molecule has 0 fully saturated rings. The van der Waals surface area contributed by atoms with Crippen molar-refractivity contribution in [3.05, 3.63) is 47.7 Å². The maximum absolute atomic E-state index is 11.5. The van der Waals surface area contributed by atoms with E-state index in [1.807, 2.05) is 18.2 Å². The van der Waals surface area contributed by atoms with Crippen LogP contribution in [0, 0.1) is 0 Å². The summed E-state index contributed by atoms with van der Waals surface area (Å²) in [6, 6.07) is 10.1. The van der Waals surface area contributed by atoms with E-state index in [4.69, 9.17) is 4.74 Å². The molecule has 0 aliphatic carbocycles. The highest BCUT2D eigenvalue weighted by atomic mass is 16.5. The van der Waals surface area contributed by atoms with Gasteiger partial charge in [0.25, 0.3) is 0 Å². The number of unbranched alkanes of at least 4 members (excludes halogenated alkanes) is 2. The summed E-state index contributed by atoms with van der Waals surface area (Å²) in [7, 11) is 0. The Morgan fingerprint density at radius 2 is 2.00 bits per heavy atom. The van der Waals surface area contributed by atoms with Crippen molar-refractivity contribution in [1.82, 2.24) is 5.32 Å². The van der Waals surface area contributed by atoms with Crippen LogP contribution in [0.5, 0.6) is 0 Å². The third kappa shape index (κ3) is 4.12. The molecule has 1 aromatic carbocycles. The van der Waals surface area contributed by atoms with Gasteiger partial charge in [-0.15, -0.1) is 0 Å². The van der Waals surface area contributed by atoms with Gasteiger partial charge in [0.05, 0.1) is 12.6 Å². The molecule has 0 radical (unpaired) electrons. The zero-order chi connectivity index (χ0) is 13.5. The minimum atomic E-state index is -0.0496. The minimum absolute atomic E-state index is 0.0171. The lowest BCUT2D eigenvalue weighted by molar-refractivity contribution is -0.116. The molecule has 102 valence electrons. The van der Waals surface area contributed by atoms with E-state index in [9.17, 15) is 4.79 Å². The predicted molar refractivity (Wildman–Crippen MR) is 75.6 cm³/mol. The average molecular weight is 259 g/mol. The standard InChI is InChI=1S/C16H21NO2/c1-2-3-7-10-19-15-12-16(18)17-14(15)11-13-8-5-4-6-9-13/h4-6,8-9,12,14H,2-3,7,10-11H2,1H3,(H,17,18)/t14-/m0/s1. The van der Waals surface area contributed by atoms with Crippen LogP contribution in [0.2, 0.25) is 0 Å². The van der Waals surface area contributed by atoms with Crippen LogP contribution >= 0.6 is 0 Å². The molecular formula is C16H21NO2. The highest BCUT2D eigenvalue weighted by Crippen LogP contribution is 2.16. The van der Waals surface area contributed by atoms with Crippen molar-refractivity contribution in [2.45, 2.75) is 38.6 Å². The number of hydrogen-bond donors (Lipinski definition) is 1. The first kappa shape index (κ1) is 13.7. The molecule has 2 rings (SSSR count). The molecule has 1 aromatic rings. The van der Waals surface area contributed by atoms with Crippen LogP contribution in [0.15, 0.2) is 42.2 Å². The molecule has 1 atom stereocenters. The van der Waals surface area contributed by atoms with Crippen molar-refractivity contribution in [3.63, 3.8) is 0 Å². The van der Waals surface area contributed by atoms with Gasteiger partial charge in [0.1, 0.15) is 5.76 Å². The second-order valence-corrected chi connectivity index (χ2v) is 4.85.